The van der Waals surface area contributed by atoms with E-state index in [0.717, 1.165) is 13.0 Å². The molecular formula is C13H25N3O2. The Morgan fingerprint density at radius 3 is 2.61 bits per heavy atom. The highest BCUT2D eigenvalue weighted by molar-refractivity contribution is 5.87. The van der Waals surface area contributed by atoms with Crippen molar-refractivity contribution < 1.29 is 9.59 Å². The fourth-order valence-corrected chi connectivity index (χ4v) is 2.08. The van der Waals surface area contributed by atoms with Crippen molar-refractivity contribution in [1.29, 1.82) is 0 Å². The van der Waals surface area contributed by atoms with Crippen LogP contribution in [-0.4, -0.2) is 61.4 Å². The molecule has 1 aliphatic rings. The normalized spacial score (nSPS) is 20.1. The van der Waals surface area contributed by atoms with Gasteiger partial charge in [0.2, 0.25) is 11.8 Å². The molecule has 0 bridgehead atoms. The molecule has 0 spiro atoms. The smallest absolute Gasteiger partial charge is 0.246 e. The van der Waals surface area contributed by atoms with Gasteiger partial charge in [0.1, 0.15) is 6.04 Å². The average molecular weight is 255 g/mol. The van der Waals surface area contributed by atoms with Gasteiger partial charge in [-0.1, -0.05) is 13.8 Å². The van der Waals surface area contributed by atoms with Gasteiger partial charge in [-0.3, -0.25) is 9.59 Å². The zero-order valence-electron chi connectivity index (χ0n) is 11.9. The summed E-state index contributed by atoms with van der Waals surface area (Å²) in [5.74, 6) is 0.616. The summed E-state index contributed by atoms with van der Waals surface area (Å²) >= 11 is 0. The molecule has 1 N–H and O–H groups in total. The Labute approximate surface area is 110 Å². The molecule has 0 aromatic carbocycles. The highest BCUT2D eigenvalue weighted by Gasteiger charge is 2.32. The van der Waals surface area contributed by atoms with Gasteiger partial charge in [0.15, 0.2) is 0 Å². The van der Waals surface area contributed by atoms with E-state index in [4.69, 9.17) is 0 Å². The Morgan fingerprint density at radius 1 is 1.39 bits per heavy atom. The highest BCUT2D eigenvalue weighted by atomic mass is 16.2. The van der Waals surface area contributed by atoms with E-state index in [1.54, 1.807) is 23.9 Å². The molecule has 18 heavy (non-hydrogen) atoms. The van der Waals surface area contributed by atoms with Crippen molar-refractivity contribution in [2.45, 2.75) is 32.7 Å². The number of amides is 2. The highest BCUT2D eigenvalue weighted by Crippen LogP contribution is 2.12. The number of hydrogen-bond acceptors (Lipinski definition) is 3. The molecule has 1 rings (SSSR count). The van der Waals surface area contributed by atoms with Gasteiger partial charge >= 0.3 is 0 Å². The predicted octanol–water partition coefficient (Wildman–Crippen LogP) is 0.311. The largest absolute Gasteiger partial charge is 0.347 e. The van der Waals surface area contributed by atoms with Crippen LogP contribution in [0.15, 0.2) is 0 Å². The second-order valence-corrected chi connectivity index (χ2v) is 5.47. The van der Waals surface area contributed by atoms with Crippen LogP contribution in [0.3, 0.4) is 0 Å². The number of likely N-dealkylation sites (N-methyl/N-ethyl adjacent to an activating group) is 1. The zero-order chi connectivity index (χ0) is 13.7. The van der Waals surface area contributed by atoms with Crippen LogP contribution in [0.2, 0.25) is 0 Å². The van der Waals surface area contributed by atoms with Gasteiger partial charge in [0.25, 0.3) is 0 Å². The molecule has 5 heteroatoms. The third kappa shape index (κ3) is 3.98. The minimum Gasteiger partial charge on any atom is -0.347 e. The lowest BCUT2D eigenvalue weighted by Gasteiger charge is -2.36. The first kappa shape index (κ1) is 15.0. The van der Waals surface area contributed by atoms with E-state index >= 15 is 0 Å². The van der Waals surface area contributed by atoms with Crippen LogP contribution in [0.1, 0.15) is 26.7 Å². The molecule has 1 atom stereocenters. The van der Waals surface area contributed by atoms with Crippen molar-refractivity contribution in [3.05, 3.63) is 0 Å². The van der Waals surface area contributed by atoms with Crippen molar-refractivity contribution in [3.63, 3.8) is 0 Å². The maximum atomic E-state index is 12.2. The minimum atomic E-state index is -0.339. The van der Waals surface area contributed by atoms with Crippen LogP contribution >= 0.6 is 0 Å². The van der Waals surface area contributed by atoms with Crippen molar-refractivity contribution in [1.82, 2.24) is 15.1 Å². The topological polar surface area (TPSA) is 52.7 Å². The van der Waals surface area contributed by atoms with E-state index in [9.17, 15) is 9.59 Å². The van der Waals surface area contributed by atoms with Gasteiger partial charge in [-0.15, -0.1) is 0 Å². The third-order valence-electron chi connectivity index (χ3n) is 3.23. The first-order valence-electron chi connectivity index (χ1n) is 6.64. The zero-order valence-corrected chi connectivity index (χ0v) is 11.9. The summed E-state index contributed by atoms with van der Waals surface area (Å²) in [5, 5.41) is 3.18. The molecule has 0 aromatic heterocycles. The number of carbonyl (C=O) groups is 2. The van der Waals surface area contributed by atoms with Gasteiger partial charge < -0.3 is 15.1 Å². The summed E-state index contributed by atoms with van der Waals surface area (Å²) in [6, 6.07) is -0.339. The molecule has 1 fully saturated rings. The molecule has 0 aliphatic carbocycles. The average Bonchev–Trinajstić information content (AvgIpc) is 2.34. The van der Waals surface area contributed by atoms with E-state index < -0.39 is 0 Å². The molecular weight excluding hydrogens is 230 g/mol. The summed E-state index contributed by atoms with van der Waals surface area (Å²) in [6.07, 6.45) is 1.42. The summed E-state index contributed by atoms with van der Waals surface area (Å²) in [4.78, 5) is 27.5. The molecule has 1 unspecified atom stereocenters. The Balaban J connectivity index is 2.64. The Kier molecular flexibility index (Phi) is 5.59. The van der Waals surface area contributed by atoms with Crippen molar-refractivity contribution in [3.8, 4) is 0 Å². The molecule has 1 saturated heterocycles. The molecule has 1 heterocycles. The van der Waals surface area contributed by atoms with E-state index in [1.165, 1.54) is 0 Å². The van der Waals surface area contributed by atoms with Crippen LogP contribution < -0.4 is 5.32 Å². The van der Waals surface area contributed by atoms with E-state index in [-0.39, 0.29) is 17.9 Å². The molecule has 5 nitrogen and oxygen atoms in total. The van der Waals surface area contributed by atoms with Crippen molar-refractivity contribution >= 4 is 11.8 Å². The maximum Gasteiger partial charge on any atom is 0.246 e. The number of piperazine rings is 1. The Bertz CT molecular complexity index is 303. The van der Waals surface area contributed by atoms with Gasteiger partial charge in [-0.25, -0.2) is 0 Å². The van der Waals surface area contributed by atoms with Crippen LogP contribution in [0.25, 0.3) is 0 Å². The first-order valence-corrected chi connectivity index (χ1v) is 6.64. The number of rotatable bonds is 4. The standard InChI is InChI=1S/C13H25N3O2/c1-10(2)5-6-12(17)16-8-7-14-9-11(16)13(18)15(3)4/h10-11,14H,5-9H2,1-4H3. The molecule has 0 aromatic rings. The third-order valence-corrected chi connectivity index (χ3v) is 3.23. The predicted molar refractivity (Wildman–Crippen MR) is 71.1 cm³/mol. The fraction of sp³-hybridized carbons (Fsp3) is 0.846. The SMILES string of the molecule is CC(C)CCC(=O)N1CCNCC1C(=O)N(C)C. The van der Waals surface area contributed by atoms with Crippen LogP contribution in [0.5, 0.6) is 0 Å². The lowest BCUT2D eigenvalue weighted by molar-refractivity contribution is -0.145. The number of carbonyl (C=O) groups excluding carboxylic acids is 2. The number of nitrogens with zero attached hydrogens (tertiary/aromatic N) is 2. The lowest BCUT2D eigenvalue weighted by Crippen LogP contribution is -2.59. The van der Waals surface area contributed by atoms with Gasteiger partial charge in [0, 0.05) is 40.2 Å². The maximum absolute atomic E-state index is 12.2. The van der Waals surface area contributed by atoms with Gasteiger partial charge in [0.05, 0.1) is 0 Å². The summed E-state index contributed by atoms with van der Waals surface area (Å²) in [7, 11) is 3.46. The fourth-order valence-electron chi connectivity index (χ4n) is 2.08. The van der Waals surface area contributed by atoms with Crippen molar-refractivity contribution in [2.75, 3.05) is 33.7 Å². The van der Waals surface area contributed by atoms with Crippen LogP contribution in [0.4, 0.5) is 0 Å². The van der Waals surface area contributed by atoms with Gasteiger partial charge in [-0.2, -0.15) is 0 Å². The molecule has 2 amide bonds. The Hall–Kier alpha value is -1.10. The van der Waals surface area contributed by atoms with Crippen molar-refractivity contribution in [2.24, 2.45) is 5.92 Å². The Morgan fingerprint density at radius 2 is 2.06 bits per heavy atom. The summed E-state index contributed by atoms with van der Waals surface area (Å²) in [5.41, 5.74) is 0. The van der Waals surface area contributed by atoms with E-state index in [0.29, 0.717) is 25.4 Å². The molecule has 1 aliphatic heterocycles. The molecule has 0 saturated carbocycles. The van der Waals surface area contributed by atoms with Gasteiger partial charge in [-0.05, 0) is 12.3 Å². The number of hydrogen-bond donors (Lipinski definition) is 1. The van der Waals surface area contributed by atoms with Crippen LogP contribution in [-0.2, 0) is 9.59 Å². The van der Waals surface area contributed by atoms with E-state index in [1.807, 2.05) is 0 Å². The lowest BCUT2D eigenvalue weighted by atomic mass is 10.1. The molecule has 104 valence electrons. The van der Waals surface area contributed by atoms with E-state index in [2.05, 4.69) is 19.2 Å². The minimum absolute atomic E-state index is 0.0000898. The number of nitrogens with one attached hydrogen (secondary N) is 1. The first-order chi connectivity index (χ1) is 8.43. The summed E-state index contributed by atoms with van der Waals surface area (Å²) < 4.78 is 0. The monoisotopic (exact) mass is 255 g/mol. The van der Waals surface area contributed by atoms with Crippen LogP contribution in [0, 0.1) is 5.92 Å². The molecule has 0 radical (unpaired) electrons. The second kappa shape index (κ2) is 6.73. The summed E-state index contributed by atoms with van der Waals surface area (Å²) in [6.45, 7) is 6.16. The second-order valence-electron chi connectivity index (χ2n) is 5.47. The quantitative estimate of drug-likeness (QED) is 0.786.